The molecule has 16 heavy (non-hydrogen) atoms. The zero-order chi connectivity index (χ0) is 10.8. The normalized spacial score (nSPS) is 10.8. The van der Waals surface area contributed by atoms with Crippen LogP contribution in [0.3, 0.4) is 0 Å². The number of anilines is 1. The average molecular weight is 213 g/mol. The third kappa shape index (κ3) is 1.65. The van der Waals surface area contributed by atoms with Crippen LogP contribution in [0.4, 0.5) is 6.01 Å². The molecule has 0 aliphatic carbocycles. The Bertz CT molecular complexity index is 550. The van der Waals surface area contributed by atoms with Crippen LogP contribution in [0.1, 0.15) is 5.56 Å². The van der Waals surface area contributed by atoms with Crippen LogP contribution in [0.2, 0.25) is 0 Å². The van der Waals surface area contributed by atoms with Gasteiger partial charge in [-0.05, 0) is 23.8 Å². The summed E-state index contributed by atoms with van der Waals surface area (Å²) in [6, 6.07) is 10.3. The molecule has 80 valence electrons. The van der Waals surface area contributed by atoms with E-state index in [1.165, 1.54) is 5.56 Å². The summed E-state index contributed by atoms with van der Waals surface area (Å²) < 4.78 is 5.53. The summed E-state index contributed by atoms with van der Waals surface area (Å²) >= 11 is 0. The number of oxazole rings is 1. The molecule has 0 spiro atoms. The van der Waals surface area contributed by atoms with Gasteiger partial charge in [0, 0.05) is 18.9 Å². The highest BCUT2D eigenvalue weighted by atomic mass is 16.4. The molecule has 0 atom stereocenters. The number of rotatable bonds is 3. The van der Waals surface area contributed by atoms with Crippen LogP contribution in [-0.2, 0) is 6.54 Å². The van der Waals surface area contributed by atoms with E-state index in [2.05, 4.69) is 15.3 Å². The van der Waals surface area contributed by atoms with Crippen molar-refractivity contribution in [3.05, 3.63) is 48.3 Å². The van der Waals surface area contributed by atoms with Gasteiger partial charge >= 0.3 is 0 Å². The Labute approximate surface area is 92.3 Å². The Morgan fingerprint density at radius 3 is 3.00 bits per heavy atom. The molecular weight excluding hydrogens is 202 g/mol. The van der Waals surface area contributed by atoms with Crippen LogP contribution in [0.5, 0.6) is 0 Å². The van der Waals surface area contributed by atoms with Crippen LogP contribution in [-0.4, -0.2) is 9.97 Å². The molecule has 2 N–H and O–H groups in total. The average Bonchev–Trinajstić information content (AvgIpc) is 2.95. The summed E-state index contributed by atoms with van der Waals surface area (Å²) in [5.74, 6) is 0. The zero-order valence-electron chi connectivity index (χ0n) is 8.60. The minimum Gasteiger partial charge on any atom is -0.424 e. The summed E-state index contributed by atoms with van der Waals surface area (Å²) in [6.07, 6.45) is 3.83. The first-order chi connectivity index (χ1) is 7.92. The number of nitrogens with one attached hydrogen (secondary N) is 2. The molecular formula is C12H11N3O. The zero-order valence-corrected chi connectivity index (χ0v) is 8.60. The van der Waals surface area contributed by atoms with Gasteiger partial charge in [0.05, 0.1) is 0 Å². The fraction of sp³-hybridized carbons (Fsp3) is 0.0833. The van der Waals surface area contributed by atoms with Crippen LogP contribution in [0, 0.1) is 0 Å². The van der Waals surface area contributed by atoms with Crippen molar-refractivity contribution >= 4 is 17.1 Å². The predicted molar refractivity (Wildman–Crippen MR) is 62.1 cm³/mol. The summed E-state index contributed by atoms with van der Waals surface area (Å²) in [5, 5.41) is 3.14. The first kappa shape index (κ1) is 9.03. The second-order valence-electron chi connectivity index (χ2n) is 3.56. The summed E-state index contributed by atoms with van der Waals surface area (Å²) in [7, 11) is 0. The topological polar surface area (TPSA) is 53.9 Å². The van der Waals surface area contributed by atoms with Crippen molar-refractivity contribution in [2.24, 2.45) is 0 Å². The monoisotopic (exact) mass is 213 g/mol. The molecule has 0 radical (unpaired) electrons. The summed E-state index contributed by atoms with van der Waals surface area (Å²) in [4.78, 5) is 7.33. The van der Waals surface area contributed by atoms with Gasteiger partial charge in [0.15, 0.2) is 5.58 Å². The van der Waals surface area contributed by atoms with Crippen molar-refractivity contribution in [2.75, 3.05) is 5.32 Å². The van der Waals surface area contributed by atoms with Crippen LogP contribution < -0.4 is 5.32 Å². The van der Waals surface area contributed by atoms with E-state index in [9.17, 15) is 0 Å². The van der Waals surface area contributed by atoms with Crippen molar-refractivity contribution in [2.45, 2.75) is 6.54 Å². The Morgan fingerprint density at radius 1 is 1.25 bits per heavy atom. The molecule has 0 aliphatic rings. The Balaban J connectivity index is 1.79. The highest BCUT2D eigenvalue weighted by molar-refractivity contribution is 5.74. The van der Waals surface area contributed by atoms with E-state index < -0.39 is 0 Å². The van der Waals surface area contributed by atoms with E-state index in [-0.39, 0.29) is 0 Å². The van der Waals surface area contributed by atoms with Crippen molar-refractivity contribution in [1.29, 1.82) is 0 Å². The Morgan fingerprint density at radius 2 is 2.19 bits per heavy atom. The Hall–Kier alpha value is -2.23. The molecule has 2 heterocycles. The van der Waals surface area contributed by atoms with E-state index in [1.54, 1.807) is 0 Å². The van der Waals surface area contributed by atoms with Crippen LogP contribution >= 0.6 is 0 Å². The first-order valence-electron chi connectivity index (χ1n) is 5.13. The third-order valence-electron chi connectivity index (χ3n) is 2.40. The molecule has 4 heteroatoms. The molecule has 4 nitrogen and oxygen atoms in total. The molecule has 0 bridgehead atoms. The Kier molecular flexibility index (Phi) is 2.11. The third-order valence-corrected chi connectivity index (χ3v) is 2.40. The van der Waals surface area contributed by atoms with E-state index in [0.29, 0.717) is 12.6 Å². The number of fused-ring (bicyclic) bond motifs is 1. The van der Waals surface area contributed by atoms with Gasteiger partial charge in [-0.25, -0.2) is 0 Å². The second-order valence-corrected chi connectivity index (χ2v) is 3.56. The van der Waals surface area contributed by atoms with Gasteiger partial charge in [-0.2, -0.15) is 4.98 Å². The highest BCUT2D eigenvalue weighted by Gasteiger charge is 2.03. The highest BCUT2D eigenvalue weighted by Crippen LogP contribution is 2.18. The van der Waals surface area contributed by atoms with E-state index >= 15 is 0 Å². The lowest BCUT2D eigenvalue weighted by atomic mass is 10.3. The molecule has 0 saturated heterocycles. The maximum absolute atomic E-state index is 5.53. The number of aromatic nitrogens is 2. The first-order valence-corrected chi connectivity index (χ1v) is 5.13. The van der Waals surface area contributed by atoms with Gasteiger partial charge < -0.3 is 14.7 Å². The SMILES string of the molecule is c1ccc2oc(NCc3cc[nH]c3)nc2c1. The van der Waals surface area contributed by atoms with Gasteiger partial charge in [0.25, 0.3) is 6.01 Å². The number of hydrogen-bond acceptors (Lipinski definition) is 3. The van der Waals surface area contributed by atoms with E-state index in [0.717, 1.165) is 11.1 Å². The maximum Gasteiger partial charge on any atom is 0.295 e. The minimum absolute atomic E-state index is 0.558. The number of nitrogens with zero attached hydrogens (tertiary/aromatic N) is 1. The minimum atomic E-state index is 0.558. The summed E-state index contributed by atoms with van der Waals surface area (Å²) in [5.41, 5.74) is 2.85. The number of H-pyrrole nitrogens is 1. The molecule has 0 fully saturated rings. The maximum atomic E-state index is 5.53. The smallest absolute Gasteiger partial charge is 0.295 e. The molecule has 1 aromatic carbocycles. The molecule has 0 amide bonds. The fourth-order valence-electron chi connectivity index (χ4n) is 1.59. The van der Waals surface area contributed by atoms with E-state index in [4.69, 9.17) is 4.42 Å². The van der Waals surface area contributed by atoms with E-state index in [1.807, 2.05) is 42.7 Å². The number of hydrogen-bond donors (Lipinski definition) is 2. The lowest BCUT2D eigenvalue weighted by Gasteiger charge is -1.97. The van der Waals surface area contributed by atoms with Gasteiger partial charge in [-0.1, -0.05) is 12.1 Å². The van der Waals surface area contributed by atoms with Gasteiger partial charge in [0.2, 0.25) is 0 Å². The number of aromatic amines is 1. The van der Waals surface area contributed by atoms with Gasteiger partial charge in [-0.15, -0.1) is 0 Å². The largest absolute Gasteiger partial charge is 0.424 e. The molecule has 2 aromatic heterocycles. The molecule has 3 rings (SSSR count). The van der Waals surface area contributed by atoms with Crippen molar-refractivity contribution in [1.82, 2.24) is 9.97 Å². The van der Waals surface area contributed by atoms with Crippen LogP contribution in [0.15, 0.2) is 47.1 Å². The lowest BCUT2D eigenvalue weighted by Crippen LogP contribution is -1.97. The fourth-order valence-corrected chi connectivity index (χ4v) is 1.59. The standard InChI is InChI=1S/C12H11N3O/c1-2-4-11-10(3-1)15-12(16-11)14-8-9-5-6-13-7-9/h1-7,13H,8H2,(H,14,15). The van der Waals surface area contributed by atoms with Crippen LogP contribution in [0.25, 0.3) is 11.1 Å². The molecule has 0 unspecified atom stereocenters. The quantitative estimate of drug-likeness (QED) is 0.703. The van der Waals surface area contributed by atoms with Crippen molar-refractivity contribution in [3.8, 4) is 0 Å². The predicted octanol–water partition coefficient (Wildman–Crippen LogP) is 2.77. The second kappa shape index (κ2) is 3.73. The molecule has 0 saturated carbocycles. The van der Waals surface area contributed by atoms with Crippen molar-refractivity contribution in [3.63, 3.8) is 0 Å². The van der Waals surface area contributed by atoms with Gasteiger partial charge in [-0.3, -0.25) is 0 Å². The van der Waals surface area contributed by atoms with Gasteiger partial charge in [0.1, 0.15) is 5.52 Å². The molecule has 3 aromatic rings. The summed E-state index contributed by atoms with van der Waals surface area (Å²) in [6.45, 7) is 0.705. The lowest BCUT2D eigenvalue weighted by molar-refractivity contribution is 0.614. The number of para-hydroxylation sites is 2. The van der Waals surface area contributed by atoms with Crippen molar-refractivity contribution < 1.29 is 4.42 Å². The number of benzene rings is 1. The molecule has 0 aliphatic heterocycles.